The quantitative estimate of drug-likeness (QED) is 0.652. The first-order valence-electron chi connectivity index (χ1n) is 9.34. The molecule has 1 fully saturated rings. The summed E-state index contributed by atoms with van der Waals surface area (Å²) in [6.45, 7) is 1.69. The highest BCUT2D eigenvalue weighted by atomic mass is 19.4. The van der Waals surface area contributed by atoms with Crippen LogP contribution in [-0.2, 0) is 18.9 Å². The maximum absolute atomic E-state index is 13.3. The van der Waals surface area contributed by atoms with Gasteiger partial charge in [-0.3, -0.25) is 0 Å². The Morgan fingerprint density at radius 3 is 2.30 bits per heavy atom. The minimum atomic E-state index is -4.69. The third-order valence-electron chi connectivity index (χ3n) is 4.94. The first kappa shape index (κ1) is 22.0. The van der Waals surface area contributed by atoms with E-state index in [1.54, 1.807) is 0 Å². The predicted octanol–water partition coefficient (Wildman–Crippen LogP) is 4.91. The maximum atomic E-state index is 13.3. The highest BCUT2D eigenvalue weighted by Gasteiger charge is 2.37. The monoisotopic (exact) mass is 434 g/mol. The van der Waals surface area contributed by atoms with Crippen LogP contribution in [0.2, 0.25) is 0 Å². The fraction of sp³-hybridized carbons (Fsp3) is 0.556. The Morgan fingerprint density at radius 1 is 0.967 bits per heavy atom. The summed E-state index contributed by atoms with van der Waals surface area (Å²) in [4.78, 5) is 14.3. The van der Waals surface area contributed by atoms with Crippen LogP contribution in [0.4, 0.5) is 38.1 Å². The van der Waals surface area contributed by atoms with Crippen molar-refractivity contribution < 1.29 is 26.3 Å². The Labute approximate surface area is 168 Å². The summed E-state index contributed by atoms with van der Waals surface area (Å²) in [5.74, 6) is -0.102. The molecule has 0 atom stereocenters. The van der Waals surface area contributed by atoms with Crippen molar-refractivity contribution in [2.75, 3.05) is 10.6 Å². The molecule has 0 unspecified atom stereocenters. The molecule has 2 aromatic heterocycles. The highest BCUT2D eigenvalue weighted by Crippen LogP contribution is 2.36. The number of hydrogen-bond donors (Lipinski definition) is 2. The summed E-state index contributed by atoms with van der Waals surface area (Å²) in [5, 5.41) is 5.36. The van der Waals surface area contributed by atoms with Crippen LogP contribution in [0.1, 0.15) is 49.4 Å². The average molecular weight is 434 g/mol. The molecule has 30 heavy (non-hydrogen) atoms. The second kappa shape index (κ2) is 8.60. The van der Waals surface area contributed by atoms with E-state index < -0.39 is 30.2 Å². The van der Waals surface area contributed by atoms with Crippen LogP contribution in [0.15, 0.2) is 18.7 Å². The van der Waals surface area contributed by atoms with Gasteiger partial charge in [0.1, 0.15) is 17.7 Å². The molecule has 2 N–H and O–H groups in total. The van der Waals surface area contributed by atoms with Crippen LogP contribution < -0.4 is 10.6 Å². The van der Waals surface area contributed by atoms with Crippen LogP contribution in [0.3, 0.4) is 0 Å². The molecule has 0 aliphatic heterocycles. The zero-order valence-corrected chi connectivity index (χ0v) is 16.0. The van der Waals surface area contributed by atoms with Gasteiger partial charge in [-0.15, -0.1) is 0 Å². The first-order valence-corrected chi connectivity index (χ1v) is 9.34. The van der Waals surface area contributed by atoms with Crippen molar-refractivity contribution in [3.05, 3.63) is 35.5 Å². The fourth-order valence-corrected chi connectivity index (χ4v) is 3.30. The molecule has 2 aromatic rings. The van der Waals surface area contributed by atoms with E-state index in [0.29, 0.717) is 25.0 Å². The van der Waals surface area contributed by atoms with Gasteiger partial charge in [0, 0.05) is 30.5 Å². The van der Waals surface area contributed by atoms with Crippen LogP contribution in [0.25, 0.3) is 0 Å². The van der Waals surface area contributed by atoms with Gasteiger partial charge in [-0.05, 0) is 31.6 Å². The molecule has 6 nitrogen and oxygen atoms in total. The maximum Gasteiger partial charge on any atom is 0.433 e. The lowest BCUT2D eigenvalue weighted by molar-refractivity contribution is -0.142. The molecule has 0 bridgehead atoms. The van der Waals surface area contributed by atoms with E-state index in [0.717, 1.165) is 25.4 Å². The number of halogens is 6. The van der Waals surface area contributed by atoms with Gasteiger partial charge in [0.25, 0.3) is 0 Å². The molecule has 0 saturated heterocycles. The van der Waals surface area contributed by atoms with Gasteiger partial charge in [0.05, 0.1) is 0 Å². The summed E-state index contributed by atoms with van der Waals surface area (Å²) >= 11 is 0. The van der Waals surface area contributed by atoms with Gasteiger partial charge in [0.2, 0.25) is 5.95 Å². The van der Waals surface area contributed by atoms with Gasteiger partial charge in [0.15, 0.2) is 5.69 Å². The lowest BCUT2D eigenvalue weighted by atomic mass is 9.87. The Balaban J connectivity index is 1.80. The fourth-order valence-electron chi connectivity index (χ4n) is 3.30. The molecule has 0 spiro atoms. The lowest BCUT2D eigenvalue weighted by Gasteiger charge is -2.28. The molecule has 1 aliphatic rings. The predicted molar refractivity (Wildman–Crippen MR) is 96.4 cm³/mol. The van der Waals surface area contributed by atoms with Gasteiger partial charge < -0.3 is 10.6 Å². The largest absolute Gasteiger partial charge is 0.433 e. The number of alkyl halides is 6. The van der Waals surface area contributed by atoms with Gasteiger partial charge in [-0.25, -0.2) is 15.0 Å². The second-order valence-corrected chi connectivity index (χ2v) is 7.30. The van der Waals surface area contributed by atoms with Crippen molar-refractivity contribution in [3.63, 3.8) is 0 Å². The van der Waals surface area contributed by atoms with E-state index in [2.05, 4.69) is 37.5 Å². The number of nitrogens with zero attached hydrogens (tertiary/aromatic N) is 4. The van der Waals surface area contributed by atoms with Crippen molar-refractivity contribution in [1.29, 1.82) is 0 Å². The molecule has 12 heteroatoms. The third-order valence-corrected chi connectivity index (χ3v) is 4.94. The van der Waals surface area contributed by atoms with E-state index in [9.17, 15) is 26.3 Å². The third kappa shape index (κ3) is 5.48. The molecular formula is C18H20F6N6. The number of anilines is 2. The molecule has 0 aromatic carbocycles. The van der Waals surface area contributed by atoms with Crippen LogP contribution in [0.5, 0.6) is 0 Å². The SMILES string of the molecule is CC1CCC(Nc2nc(NCc3cncnc3C(F)(F)F)ncc2C(F)(F)F)CC1. The standard InChI is InChI=1S/C18H20F6N6/c1-10-2-4-12(5-3-10)29-15-13(17(19,20)21)8-27-16(30-15)26-7-11-6-25-9-28-14(11)18(22,23)24/h6,8-10,12H,2-5,7H2,1H3,(H2,26,27,29,30). The van der Waals surface area contributed by atoms with Gasteiger partial charge in [-0.1, -0.05) is 6.92 Å². The Hall–Kier alpha value is -2.66. The highest BCUT2D eigenvalue weighted by molar-refractivity contribution is 5.49. The number of aromatic nitrogens is 4. The Bertz CT molecular complexity index is 861. The smallest absolute Gasteiger partial charge is 0.367 e. The van der Waals surface area contributed by atoms with Gasteiger partial charge in [-0.2, -0.15) is 31.3 Å². The zero-order valence-electron chi connectivity index (χ0n) is 16.0. The van der Waals surface area contributed by atoms with E-state index in [4.69, 9.17) is 0 Å². The van der Waals surface area contributed by atoms with Crippen molar-refractivity contribution >= 4 is 11.8 Å². The minimum absolute atomic E-state index is 0.163. The molecule has 0 radical (unpaired) electrons. The molecule has 164 valence electrons. The van der Waals surface area contributed by atoms with E-state index in [1.807, 2.05) is 0 Å². The van der Waals surface area contributed by atoms with Crippen molar-refractivity contribution in [3.8, 4) is 0 Å². The summed E-state index contributed by atoms with van der Waals surface area (Å²) < 4.78 is 79.1. The molecular weight excluding hydrogens is 414 g/mol. The van der Waals surface area contributed by atoms with Crippen LogP contribution in [-0.4, -0.2) is 26.0 Å². The summed E-state index contributed by atoms with van der Waals surface area (Å²) in [6.07, 6.45) is -3.78. The molecule has 0 amide bonds. The van der Waals surface area contributed by atoms with Crippen molar-refractivity contribution in [2.45, 2.75) is 57.5 Å². The average Bonchev–Trinajstić information content (AvgIpc) is 2.67. The minimum Gasteiger partial charge on any atom is -0.367 e. The molecule has 2 heterocycles. The Kier molecular flexibility index (Phi) is 6.32. The first-order chi connectivity index (χ1) is 14.0. The summed E-state index contributed by atoms with van der Waals surface area (Å²) in [7, 11) is 0. The summed E-state index contributed by atoms with van der Waals surface area (Å²) in [5.41, 5.74) is -2.43. The molecule has 1 aliphatic carbocycles. The van der Waals surface area contributed by atoms with Crippen LogP contribution in [0, 0.1) is 5.92 Å². The zero-order chi connectivity index (χ0) is 21.9. The normalized spacial score (nSPS) is 20.1. The summed E-state index contributed by atoms with van der Waals surface area (Å²) in [6, 6.07) is -0.163. The number of hydrogen-bond acceptors (Lipinski definition) is 6. The lowest BCUT2D eigenvalue weighted by Crippen LogP contribution is -2.27. The van der Waals surface area contributed by atoms with E-state index in [-0.39, 0.29) is 23.4 Å². The second-order valence-electron chi connectivity index (χ2n) is 7.30. The molecule has 3 rings (SSSR count). The van der Waals surface area contributed by atoms with E-state index >= 15 is 0 Å². The van der Waals surface area contributed by atoms with Crippen molar-refractivity contribution in [1.82, 2.24) is 19.9 Å². The Morgan fingerprint density at radius 2 is 1.67 bits per heavy atom. The number of rotatable bonds is 5. The van der Waals surface area contributed by atoms with Crippen LogP contribution >= 0.6 is 0 Å². The molecule has 1 saturated carbocycles. The van der Waals surface area contributed by atoms with E-state index in [1.165, 1.54) is 0 Å². The number of nitrogens with one attached hydrogen (secondary N) is 2. The van der Waals surface area contributed by atoms with Crippen molar-refractivity contribution in [2.24, 2.45) is 5.92 Å². The topological polar surface area (TPSA) is 75.6 Å². The van der Waals surface area contributed by atoms with Gasteiger partial charge >= 0.3 is 12.4 Å².